The van der Waals surface area contributed by atoms with Gasteiger partial charge in [-0.15, -0.1) is 0 Å². The number of ketones is 1. The van der Waals surface area contributed by atoms with Crippen LogP contribution in [0.25, 0.3) is 0 Å². The minimum atomic E-state index is -1.87. The van der Waals surface area contributed by atoms with E-state index in [1.54, 1.807) is 0 Å². The van der Waals surface area contributed by atoms with E-state index in [0.29, 0.717) is 0 Å². The second-order valence-corrected chi connectivity index (χ2v) is 2.97. The number of carbonyl (C=O) groups is 1. The highest BCUT2D eigenvalue weighted by Crippen LogP contribution is 2.24. The minimum absolute atomic E-state index is 0.221. The van der Waals surface area contributed by atoms with E-state index < -0.39 is 35.1 Å². The van der Waals surface area contributed by atoms with Crippen molar-refractivity contribution in [2.45, 2.75) is 13.8 Å². The molecule has 0 atom stereocenters. The molecule has 0 aliphatic carbocycles. The lowest BCUT2D eigenvalue weighted by Crippen LogP contribution is -2.08. The highest BCUT2D eigenvalue weighted by atomic mass is 19.2. The van der Waals surface area contributed by atoms with E-state index in [4.69, 9.17) is 0 Å². The van der Waals surface area contributed by atoms with Gasteiger partial charge in [0.15, 0.2) is 5.78 Å². The van der Waals surface area contributed by atoms with Crippen LogP contribution in [0.2, 0.25) is 0 Å². The van der Waals surface area contributed by atoms with Crippen molar-refractivity contribution in [3.63, 3.8) is 0 Å². The van der Waals surface area contributed by atoms with Crippen LogP contribution in [-0.4, -0.2) is 16.5 Å². The van der Waals surface area contributed by atoms with Gasteiger partial charge in [-0.1, -0.05) is 5.16 Å². The Morgan fingerprint density at radius 2 is 1.59 bits per heavy atom. The third-order valence-corrected chi connectivity index (χ3v) is 1.74. The molecular formula is C9H6F4N2O2. The van der Waals surface area contributed by atoms with Crippen molar-refractivity contribution in [1.82, 2.24) is 4.98 Å². The molecule has 1 aromatic rings. The molecule has 0 bridgehead atoms. The second kappa shape index (κ2) is 4.89. The third kappa shape index (κ3) is 2.77. The lowest BCUT2D eigenvalue weighted by molar-refractivity contribution is -0.111. The Bertz CT molecular complexity index is 476. The van der Waals surface area contributed by atoms with Gasteiger partial charge in [-0.2, -0.15) is 22.5 Å². The molecule has 0 spiro atoms. The first kappa shape index (κ1) is 13.1. The molecule has 0 aromatic carbocycles. The molecule has 1 aromatic heterocycles. The van der Waals surface area contributed by atoms with Crippen molar-refractivity contribution in [1.29, 1.82) is 0 Å². The molecule has 92 valence electrons. The van der Waals surface area contributed by atoms with Crippen LogP contribution >= 0.6 is 0 Å². The van der Waals surface area contributed by atoms with Crippen molar-refractivity contribution >= 4 is 11.5 Å². The summed E-state index contributed by atoms with van der Waals surface area (Å²) >= 11 is 0. The number of nitrogens with zero attached hydrogens (tertiary/aromatic N) is 2. The second-order valence-electron chi connectivity index (χ2n) is 2.97. The molecule has 0 amide bonds. The Balaban J connectivity index is 3.15. The summed E-state index contributed by atoms with van der Waals surface area (Å²) in [6, 6.07) is 0. The number of oxime groups is 1. The molecule has 4 nitrogen and oxygen atoms in total. The van der Waals surface area contributed by atoms with E-state index in [1.165, 1.54) is 6.92 Å². The molecule has 1 heterocycles. The highest BCUT2D eigenvalue weighted by Gasteiger charge is 2.22. The molecular weight excluding hydrogens is 244 g/mol. The molecule has 0 saturated carbocycles. The van der Waals surface area contributed by atoms with E-state index in [-0.39, 0.29) is 5.71 Å². The predicted molar refractivity (Wildman–Crippen MR) is 48.5 cm³/mol. The number of hydrogen-bond acceptors (Lipinski definition) is 4. The standard InChI is InChI=1S/C9H6F4N2O2/c1-3(4(2)16)15-17-7-5(10)8(12)14-9(13)6(7)11/h1-2H3. The summed E-state index contributed by atoms with van der Waals surface area (Å²) in [7, 11) is 0. The van der Waals surface area contributed by atoms with Crippen molar-refractivity contribution in [2.75, 3.05) is 0 Å². The third-order valence-electron chi connectivity index (χ3n) is 1.74. The fraction of sp³-hybridized carbons (Fsp3) is 0.222. The van der Waals surface area contributed by atoms with Crippen LogP contribution in [0.1, 0.15) is 13.8 Å². The van der Waals surface area contributed by atoms with Crippen LogP contribution in [0.15, 0.2) is 5.16 Å². The maximum Gasteiger partial charge on any atom is 0.255 e. The lowest BCUT2D eigenvalue weighted by atomic mass is 10.3. The largest absolute Gasteiger partial charge is 0.350 e. The van der Waals surface area contributed by atoms with Crippen LogP contribution in [0.4, 0.5) is 17.6 Å². The van der Waals surface area contributed by atoms with Gasteiger partial charge >= 0.3 is 0 Å². The zero-order chi connectivity index (χ0) is 13.2. The zero-order valence-corrected chi connectivity index (χ0v) is 8.72. The summed E-state index contributed by atoms with van der Waals surface area (Å²) in [6.07, 6.45) is 0. The first-order valence-corrected chi connectivity index (χ1v) is 4.27. The normalized spacial score (nSPS) is 11.5. The molecule has 0 radical (unpaired) electrons. The van der Waals surface area contributed by atoms with Crippen LogP contribution in [0.5, 0.6) is 5.75 Å². The number of carbonyl (C=O) groups excluding carboxylic acids is 1. The Kier molecular flexibility index (Phi) is 3.77. The molecule has 0 aliphatic heterocycles. The zero-order valence-electron chi connectivity index (χ0n) is 8.72. The number of hydrogen-bond donors (Lipinski definition) is 0. The van der Waals surface area contributed by atoms with Gasteiger partial charge in [-0.25, -0.2) is 0 Å². The van der Waals surface area contributed by atoms with Gasteiger partial charge in [0.1, 0.15) is 5.71 Å². The van der Waals surface area contributed by atoms with Crippen LogP contribution in [0, 0.1) is 23.5 Å². The van der Waals surface area contributed by atoms with Gasteiger partial charge in [0.05, 0.1) is 0 Å². The summed E-state index contributed by atoms with van der Waals surface area (Å²) in [5.74, 6) is -9.31. The number of aromatic nitrogens is 1. The first-order chi connectivity index (χ1) is 7.84. The SMILES string of the molecule is CC(=O)C(C)=NOc1c(F)c(F)nc(F)c1F. The van der Waals surface area contributed by atoms with Gasteiger partial charge in [-0.3, -0.25) is 4.79 Å². The van der Waals surface area contributed by atoms with Crippen molar-refractivity contribution < 1.29 is 27.2 Å². The summed E-state index contributed by atoms with van der Waals surface area (Å²) < 4.78 is 51.2. The fourth-order valence-electron chi connectivity index (χ4n) is 0.727. The topological polar surface area (TPSA) is 51.5 Å². The molecule has 17 heavy (non-hydrogen) atoms. The molecule has 8 heteroatoms. The van der Waals surface area contributed by atoms with Gasteiger partial charge < -0.3 is 4.84 Å². The van der Waals surface area contributed by atoms with E-state index in [1.807, 2.05) is 0 Å². The van der Waals surface area contributed by atoms with E-state index in [0.717, 1.165) is 6.92 Å². The van der Waals surface area contributed by atoms with Gasteiger partial charge in [0.2, 0.25) is 17.4 Å². The Morgan fingerprint density at radius 1 is 1.12 bits per heavy atom. The Hall–Kier alpha value is -1.99. The van der Waals surface area contributed by atoms with E-state index in [9.17, 15) is 22.4 Å². The fourth-order valence-corrected chi connectivity index (χ4v) is 0.727. The average Bonchev–Trinajstić information content (AvgIpc) is 2.26. The Labute approximate surface area is 92.9 Å². The maximum atomic E-state index is 13.0. The number of pyridine rings is 1. The number of Topliss-reactive ketones (excluding diaryl/α,β-unsaturated/α-hetero) is 1. The summed E-state index contributed by atoms with van der Waals surface area (Å²) in [4.78, 5) is 17.2. The summed E-state index contributed by atoms with van der Waals surface area (Å²) in [5.41, 5.74) is -0.221. The first-order valence-electron chi connectivity index (χ1n) is 4.27. The maximum absolute atomic E-state index is 13.0. The summed E-state index contributed by atoms with van der Waals surface area (Å²) in [6.45, 7) is 2.33. The van der Waals surface area contributed by atoms with Crippen molar-refractivity contribution in [3.05, 3.63) is 23.5 Å². The van der Waals surface area contributed by atoms with Gasteiger partial charge in [-0.05, 0) is 6.92 Å². The van der Waals surface area contributed by atoms with Crippen LogP contribution in [0.3, 0.4) is 0 Å². The Morgan fingerprint density at radius 3 is 2.00 bits per heavy atom. The smallest absolute Gasteiger partial charge is 0.255 e. The predicted octanol–water partition coefficient (Wildman–Crippen LogP) is 1.98. The highest BCUT2D eigenvalue weighted by molar-refractivity contribution is 6.37. The molecule has 0 N–H and O–H groups in total. The quantitative estimate of drug-likeness (QED) is 0.356. The molecule has 0 aliphatic rings. The monoisotopic (exact) mass is 250 g/mol. The minimum Gasteiger partial charge on any atom is -0.350 e. The average molecular weight is 250 g/mol. The van der Waals surface area contributed by atoms with Crippen LogP contribution < -0.4 is 4.84 Å². The van der Waals surface area contributed by atoms with E-state index >= 15 is 0 Å². The molecule has 0 fully saturated rings. The lowest BCUT2D eigenvalue weighted by Gasteiger charge is -2.03. The number of rotatable bonds is 3. The van der Waals surface area contributed by atoms with Gasteiger partial charge in [0, 0.05) is 6.92 Å². The number of halogens is 4. The van der Waals surface area contributed by atoms with Crippen molar-refractivity contribution in [3.8, 4) is 5.75 Å². The van der Waals surface area contributed by atoms with Gasteiger partial charge in [0.25, 0.3) is 11.9 Å². The molecule has 1 rings (SSSR count). The van der Waals surface area contributed by atoms with Crippen LogP contribution in [-0.2, 0) is 4.79 Å². The van der Waals surface area contributed by atoms with E-state index in [2.05, 4.69) is 15.0 Å². The van der Waals surface area contributed by atoms with Crippen molar-refractivity contribution in [2.24, 2.45) is 5.16 Å². The molecule has 0 saturated heterocycles. The molecule has 0 unspecified atom stereocenters. The summed E-state index contributed by atoms with van der Waals surface area (Å²) in [5, 5.41) is 3.02.